The predicted molar refractivity (Wildman–Crippen MR) is 199 cm³/mol. The summed E-state index contributed by atoms with van der Waals surface area (Å²) in [7, 11) is -1.51. The summed E-state index contributed by atoms with van der Waals surface area (Å²) in [5.74, 6) is -0.423. The number of ether oxygens (including phenoxy) is 2. The van der Waals surface area contributed by atoms with Crippen LogP contribution in [0, 0.1) is 13.8 Å². The Labute approximate surface area is 305 Å². The van der Waals surface area contributed by atoms with Crippen molar-refractivity contribution in [2.75, 3.05) is 25.1 Å². The van der Waals surface area contributed by atoms with E-state index in [4.69, 9.17) is 32.7 Å². The van der Waals surface area contributed by atoms with Crippen molar-refractivity contribution in [1.82, 2.24) is 10.2 Å². The Morgan fingerprint density at radius 3 is 2.12 bits per heavy atom. The quantitative estimate of drug-likeness (QED) is 0.137. The van der Waals surface area contributed by atoms with Crippen molar-refractivity contribution in [3.05, 3.63) is 117 Å². The van der Waals surface area contributed by atoms with Gasteiger partial charge in [-0.15, -0.1) is 0 Å². The lowest BCUT2D eigenvalue weighted by Crippen LogP contribution is -2.54. The van der Waals surface area contributed by atoms with Crippen LogP contribution in [0.25, 0.3) is 0 Å². The molecule has 0 unspecified atom stereocenters. The van der Waals surface area contributed by atoms with E-state index in [1.54, 1.807) is 30.3 Å². The zero-order valence-electron chi connectivity index (χ0n) is 29.1. The van der Waals surface area contributed by atoms with Gasteiger partial charge in [-0.1, -0.05) is 72.6 Å². The number of rotatable bonds is 15. The third kappa shape index (κ3) is 9.50. The summed E-state index contributed by atoms with van der Waals surface area (Å²) in [6.45, 7) is 6.84. The molecule has 12 heteroatoms. The van der Waals surface area contributed by atoms with Crippen molar-refractivity contribution < 1.29 is 27.5 Å². The minimum absolute atomic E-state index is 0.0860. The Balaban J connectivity index is 1.88. The summed E-state index contributed by atoms with van der Waals surface area (Å²) in [5, 5.41) is 3.75. The smallest absolute Gasteiger partial charge is 0.264 e. The van der Waals surface area contributed by atoms with Gasteiger partial charge in [-0.2, -0.15) is 0 Å². The van der Waals surface area contributed by atoms with Crippen molar-refractivity contribution in [3.8, 4) is 11.5 Å². The average Bonchev–Trinajstić information content (AvgIpc) is 3.08. The van der Waals surface area contributed by atoms with Gasteiger partial charge < -0.3 is 19.7 Å². The van der Waals surface area contributed by atoms with Crippen molar-refractivity contribution in [2.45, 2.75) is 64.1 Å². The van der Waals surface area contributed by atoms with E-state index in [-0.39, 0.29) is 35.6 Å². The van der Waals surface area contributed by atoms with E-state index < -0.39 is 28.5 Å². The maximum absolute atomic E-state index is 14.8. The molecule has 0 spiro atoms. The van der Waals surface area contributed by atoms with Gasteiger partial charge in [-0.25, -0.2) is 8.42 Å². The second-order valence-corrected chi connectivity index (χ2v) is 14.9. The van der Waals surface area contributed by atoms with Crippen LogP contribution in [0.4, 0.5) is 5.69 Å². The zero-order chi connectivity index (χ0) is 36.6. The highest BCUT2D eigenvalue weighted by Gasteiger charge is 2.35. The van der Waals surface area contributed by atoms with Gasteiger partial charge in [0, 0.05) is 35.1 Å². The van der Waals surface area contributed by atoms with E-state index in [1.807, 2.05) is 64.1 Å². The van der Waals surface area contributed by atoms with Gasteiger partial charge >= 0.3 is 0 Å². The van der Waals surface area contributed by atoms with Gasteiger partial charge in [0.2, 0.25) is 11.8 Å². The Kier molecular flexibility index (Phi) is 13.2. The van der Waals surface area contributed by atoms with E-state index in [2.05, 4.69) is 5.32 Å². The molecule has 4 rings (SSSR count). The molecule has 0 aromatic heterocycles. The summed E-state index contributed by atoms with van der Waals surface area (Å²) in [4.78, 5) is 30.2. The molecule has 0 saturated carbocycles. The molecule has 0 aliphatic heterocycles. The van der Waals surface area contributed by atoms with Gasteiger partial charge in [-0.05, 0) is 85.8 Å². The molecule has 266 valence electrons. The van der Waals surface area contributed by atoms with Gasteiger partial charge in [-0.3, -0.25) is 13.9 Å². The summed E-state index contributed by atoms with van der Waals surface area (Å²) < 4.78 is 40.9. The highest BCUT2D eigenvalue weighted by molar-refractivity contribution is 7.92. The van der Waals surface area contributed by atoms with E-state index in [1.165, 1.54) is 37.3 Å². The molecule has 0 radical (unpaired) electrons. The van der Waals surface area contributed by atoms with Crippen LogP contribution in [-0.4, -0.2) is 58.0 Å². The fraction of sp³-hybridized carbons (Fsp3) is 0.316. The van der Waals surface area contributed by atoms with E-state index in [9.17, 15) is 18.0 Å². The monoisotopic (exact) mass is 739 g/mol. The molecule has 0 aliphatic carbocycles. The zero-order valence-corrected chi connectivity index (χ0v) is 31.4. The maximum atomic E-state index is 14.8. The molecule has 9 nitrogen and oxygen atoms in total. The fourth-order valence-corrected chi connectivity index (χ4v) is 7.44. The average molecular weight is 741 g/mol. The summed E-state index contributed by atoms with van der Waals surface area (Å²) in [6.07, 6.45) is 0.844. The van der Waals surface area contributed by atoms with Crippen LogP contribution in [0.2, 0.25) is 10.0 Å². The molecule has 4 aromatic carbocycles. The SMILES string of the molecule is CC[C@H](C)NC(=O)[C@@H](Cc1ccccc1)N(Cc1ccc(Cl)cc1Cl)C(=O)CN(c1cc(C)cc(C)c1)S(=O)(=O)c1ccc(OC)c(OC)c1. The molecule has 0 bridgehead atoms. The first-order valence-corrected chi connectivity index (χ1v) is 18.4. The largest absolute Gasteiger partial charge is 0.493 e. The second kappa shape index (κ2) is 17.1. The molecular formula is C38H43Cl2N3O6S. The number of hydrogen-bond acceptors (Lipinski definition) is 6. The number of carbonyl (C=O) groups excluding carboxylic acids is 2. The minimum Gasteiger partial charge on any atom is -0.493 e. The van der Waals surface area contributed by atoms with Crippen LogP contribution in [0.5, 0.6) is 11.5 Å². The minimum atomic E-state index is -4.38. The molecule has 0 heterocycles. The molecule has 50 heavy (non-hydrogen) atoms. The first-order valence-electron chi connectivity index (χ1n) is 16.2. The molecule has 0 fully saturated rings. The number of amides is 2. The molecule has 1 N–H and O–H groups in total. The number of carbonyl (C=O) groups is 2. The van der Waals surface area contributed by atoms with Gasteiger partial charge in [0.15, 0.2) is 11.5 Å². The fourth-order valence-electron chi connectivity index (χ4n) is 5.56. The van der Waals surface area contributed by atoms with Gasteiger partial charge in [0.05, 0.1) is 24.8 Å². The van der Waals surface area contributed by atoms with E-state index >= 15 is 0 Å². The lowest BCUT2D eigenvalue weighted by Gasteiger charge is -2.34. The van der Waals surface area contributed by atoms with Crippen LogP contribution in [-0.2, 0) is 32.6 Å². The highest BCUT2D eigenvalue weighted by atomic mass is 35.5. The molecule has 2 amide bonds. The highest BCUT2D eigenvalue weighted by Crippen LogP contribution is 2.33. The normalized spacial score (nSPS) is 12.5. The molecule has 4 aromatic rings. The summed E-state index contributed by atoms with van der Waals surface area (Å²) in [5.41, 5.74) is 3.26. The lowest BCUT2D eigenvalue weighted by atomic mass is 10.0. The summed E-state index contributed by atoms with van der Waals surface area (Å²) in [6, 6.07) is 22.7. The predicted octanol–water partition coefficient (Wildman–Crippen LogP) is 7.38. The third-order valence-electron chi connectivity index (χ3n) is 8.34. The standard InChI is InChI=1S/C38H43Cl2N3O6S/c1-7-27(4)41-38(45)34(20-28-11-9-8-10-12-28)42(23-29-13-14-30(39)21-33(29)40)37(44)24-43(31-18-25(2)17-26(3)19-31)50(46,47)32-15-16-35(48-5)36(22-32)49-6/h8-19,21-22,27,34H,7,20,23-24H2,1-6H3,(H,41,45)/t27-,34+/m0/s1. The lowest BCUT2D eigenvalue weighted by molar-refractivity contribution is -0.140. The molecule has 0 saturated heterocycles. The van der Waals surface area contributed by atoms with Crippen LogP contribution in [0.15, 0.2) is 89.8 Å². The van der Waals surface area contributed by atoms with Crippen LogP contribution in [0.1, 0.15) is 42.5 Å². The van der Waals surface area contributed by atoms with Crippen molar-refractivity contribution in [3.63, 3.8) is 0 Å². The number of nitrogens with zero attached hydrogens (tertiary/aromatic N) is 2. The number of aryl methyl sites for hydroxylation is 2. The maximum Gasteiger partial charge on any atom is 0.264 e. The van der Waals surface area contributed by atoms with Crippen LogP contribution in [0.3, 0.4) is 0 Å². The van der Waals surface area contributed by atoms with Crippen molar-refractivity contribution in [1.29, 1.82) is 0 Å². The first-order chi connectivity index (χ1) is 23.8. The first kappa shape index (κ1) is 38.6. The summed E-state index contributed by atoms with van der Waals surface area (Å²) >= 11 is 12.8. The van der Waals surface area contributed by atoms with Crippen LogP contribution < -0.4 is 19.1 Å². The number of halogens is 2. The number of sulfonamides is 1. The van der Waals surface area contributed by atoms with Crippen LogP contribution >= 0.6 is 23.2 Å². The Hall–Kier alpha value is -4.25. The number of nitrogens with one attached hydrogen (secondary N) is 1. The molecule has 2 atom stereocenters. The number of anilines is 1. The number of methoxy groups -OCH3 is 2. The Morgan fingerprint density at radius 2 is 1.52 bits per heavy atom. The van der Waals surface area contributed by atoms with E-state index in [0.29, 0.717) is 33.5 Å². The number of hydrogen-bond donors (Lipinski definition) is 1. The molecule has 0 aliphatic rings. The van der Waals surface area contributed by atoms with Gasteiger partial charge in [0.25, 0.3) is 10.0 Å². The Bertz CT molecular complexity index is 1900. The topological polar surface area (TPSA) is 105 Å². The van der Waals surface area contributed by atoms with Gasteiger partial charge in [0.1, 0.15) is 12.6 Å². The Morgan fingerprint density at radius 1 is 0.860 bits per heavy atom. The third-order valence-corrected chi connectivity index (χ3v) is 10.7. The van der Waals surface area contributed by atoms with E-state index in [0.717, 1.165) is 21.0 Å². The second-order valence-electron chi connectivity index (χ2n) is 12.2. The number of benzene rings is 4. The van der Waals surface area contributed by atoms with Crippen molar-refractivity contribution >= 4 is 50.7 Å². The molecular weight excluding hydrogens is 697 g/mol. The van der Waals surface area contributed by atoms with Crippen molar-refractivity contribution in [2.24, 2.45) is 0 Å².